The van der Waals surface area contributed by atoms with Crippen LogP contribution in [0.15, 0.2) is 95.9 Å². The number of carbonyl (C=O) groups is 1. The Kier molecular flexibility index (Phi) is 7.62. The van der Waals surface area contributed by atoms with Gasteiger partial charge in [-0.2, -0.15) is 0 Å². The lowest BCUT2D eigenvalue weighted by Gasteiger charge is -2.13. The number of nitrogens with one attached hydrogen (secondary N) is 2. The molecule has 4 aromatic carbocycles. The van der Waals surface area contributed by atoms with Crippen molar-refractivity contribution < 1.29 is 17.9 Å². The lowest BCUT2D eigenvalue weighted by atomic mass is 10.1. The van der Waals surface area contributed by atoms with Crippen molar-refractivity contribution in [3.63, 3.8) is 0 Å². The van der Waals surface area contributed by atoms with Crippen LogP contribution in [-0.2, 0) is 16.6 Å². The minimum Gasteiger partial charge on any atom is -0.489 e. The minimum atomic E-state index is -4.02. The van der Waals surface area contributed by atoms with Crippen LogP contribution in [0.5, 0.6) is 5.75 Å². The van der Waals surface area contributed by atoms with Crippen molar-refractivity contribution in [3.8, 4) is 5.75 Å². The Morgan fingerprint density at radius 3 is 2.22 bits per heavy atom. The first-order valence-electron chi connectivity index (χ1n) is 11.2. The topological polar surface area (TPSA) is 84.5 Å². The number of hydrogen-bond donors (Lipinski definition) is 2. The van der Waals surface area contributed by atoms with E-state index in [1.54, 1.807) is 36.4 Å². The number of aryl methyl sites for hydroxylation is 2. The van der Waals surface area contributed by atoms with Crippen molar-refractivity contribution in [1.82, 2.24) is 0 Å². The zero-order valence-corrected chi connectivity index (χ0v) is 21.4. The summed E-state index contributed by atoms with van der Waals surface area (Å²) in [6.45, 7) is 4.27. The van der Waals surface area contributed by atoms with Gasteiger partial charge in [0.2, 0.25) is 0 Å². The predicted molar refractivity (Wildman–Crippen MR) is 143 cm³/mol. The van der Waals surface area contributed by atoms with Crippen LogP contribution in [0, 0.1) is 13.8 Å². The van der Waals surface area contributed by atoms with Gasteiger partial charge in [-0.1, -0.05) is 48.0 Å². The molecule has 0 heterocycles. The molecule has 0 fully saturated rings. The molecule has 0 saturated heterocycles. The van der Waals surface area contributed by atoms with E-state index in [0.717, 1.165) is 16.7 Å². The van der Waals surface area contributed by atoms with Crippen LogP contribution in [0.3, 0.4) is 0 Å². The van der Waals surface area contributed by atoms with Gasteiger partial charge in [-0.05, 0) is 85.1 Å². The second kappa shape index (κ2) is 10.8. The van der Waals surface area contributed by atoms with E-state index in [4.69, 9.17) is 16.3 Å². The average molecular weight is 521 g/mol. The molecular weight excluding hydrogens is 496 g/mol. The lowest BCUT2D eigenvalue weighted by Crippen LogP contribution is -2.16. The molecule has 36 heavy (non-hydrogen) atoms. The van der Waals surface area contributed by atoms with Gasteiger partial charge in [-0.15, -0.1) is 0 Å². The van der Waals surface area contributed by atoms with Gasteiger partial charge in [0.15, 0.2) is 0 Å². The summed E-state index contributed by atoms with van der Waals surface area (Å²) in [5.74, 6) is 0.196. The molecule has 0 bridgehead atoms. The van der Waals surface area contributed by atoms with Crippen molar-refractivity contribution in [1.29, 1.82) is 0 Å². The standard InChI is InChI=1S/C28H25ClN2O4S/c1-19-8-10-24(16-20(19)2)31-36(33,34)27-17-22(9-15-26(27)29)28(32)30-23-11-13-25(14-12-23)35-18-21-6-4-3-5-7-21/h3-17,31H,18H2,1-2H3,(H,30,32). The Bertz CT molecular complexity index is 1490. The van der Waals surface area contributed by atoms with Crippen LogP contribution in [0.4, 0.5) is 11.4 Å². The van der Waals surface area contributed by atoms with Gasteiger partial charge in [0.1, 0.15) is 17.3 Å². The molecule has 0 atom stereocenters. The molecule has 0 aliphatic heterocycles. The zero-order chi connectivity index (χ0) is 25.7. The van der Waals surface area contributed by atoms with Gasteiger partial charge in [0, 0.05) is 16.9 Å². The molecule has 4 aromatic rings. The van der Waals surface area contributed by atoms with E-state index in [1.807, 2.05) is 50.2 Å². The summed E-state index contributed by atoms with van der Waals surface area (Å²) in [6, 6.07) is 26.1. The number of carbonyl (C=O) groups excluding carboxylic acids is 1. The van der Waals surface area contributed by atoms with Gasteiger partial charge in [-0.3, -0.25) is 9.52 Å². The number of hydrogen-bond acceptors (Lipinski definition) is 4. The molecule has 0 spiro atoms. The second-order valence-electron chi connectivity index (χ2n) is 8.30. The Balaban J connectivity index is 1.45. The highest BCUT2D eigenvalue weighted by molar-refractivity contribution is 7.92. The maximum Gasteiger partial charge on any atom is 0.263 e. The third kappa shape index (κ3) is 6.24. The van der Waals surface area contributed by atoms with E-state index in [1.165, 1.54) is 18.2 Å². The Labute approximate surface area is 216 Å². The van der Waals surface area contributed by atoms with Crippen LogP contribution < -0.4 is 14.8 Å². The first-order chi connectivity index (χ1) is 17.2. The Morgan fingerprint density at radius 1 is 0.833 bits per heavy atom. The molecule has 0 aliphatic rings. The Morgan fingerprint density at radius 2 is 1.53 bits per heavy atom. The zero-order valence-electron chi connectivity index (χ0n) is 19.8. The molecule has 0 aromatic heterocycles. The fourth-order valence-corrected chi connectivity index (χ4v) is 5.02. The third-order valence-corrected chi connectivity index (χ3v) is 7.47. The van der Waals surface area contributed by atoms with E-state index in [9.17, 15) is 13.2 Å². The van der Waals surface area contributed by atoms with Gasteiger partial charge >= 0.3 is 0 Å². The van der Waals surface area contributed by atoms with E-state index < -0.39 is 15.9 Å². The van der Waals surface area contributed by atoms with Gasteiger partial charge in [0.25, 0.3) is 15.9 Å². The van der Waals surface area contributed by atoms with Crippen LogP contribution in [0.25, 0.3) is 0 Å². The number of sulfonamides is 1. The van der Waals surface area contributed by atoms with Crippen LogP contribution in [0.2, 0.25) is 5.02 Å². The van der Waals surface area contributed by atoms with Crippen molar-refractivity contribution in [2.45, 2.75) is 25.3 Å². The number of anilines is 2. The van der Waals surface area contributed by atoms with Gasteiger partial charge in [0.05, 0.1) is 5.02 Å². The maximum absolute atomic E-state index is 13.0. The molecule has 2 N–H and O–H groups in total. The summed E-state index contributed by atoms with van der Waals surface area (Å²) in [5, 5.41) is 2.78. The monoisotopic (exact) mass is 520 g/mol. The number of halogens is 1. The lowest BCUT2D eigenvalue weighted by molar-refractivity contribution is 0.102. The normalized spacial score (nSPS) is 11.1. The van der Waals surface area contributed by atoms with Crippen molar-refractivity contribution in [3.05, 3.63) is 118 Å². The Hall–Kier alpha value is -3.81. The van der Waals surface area contributed by atoms with Gasteiger partial charge in [-0.25, -0.2) is 8.42 Å². The number of benzene rings is 4. The maximum atomic E-state index is 13.0. The molecule has 0 unspecified atom stereocenters. The summed E-state index contributed by atoms with van der Waals surface area (Å²) in [6.07, 6.45) is 0. The SMILES string of the molecule is Cc1ccc(NS(=O)(=O)c2cc(C(=O)Nc3ccc(OCc4ccccc4)cc3)ccc2Cl)cc1C. The van der Waals surface area contributed by atoms with Crippen molar-refractivity contribution in [2.75, 3.05) is 10.0 Å². The predicted octanol–water partition coefficient (Wildman–Crippen LogP) is 6.59. The molecule has 184 valence electrons. The first kappa shape index (κ1) is 25.3. The summed E-state index contributed by atoms with van der Waals surface area (Å²) >= 11 is 6.19. The quantitative estimate of drug-likeness (QED) is 0.274. The molecule has 8 heteroatoms. The van der Waals surface area contributed by atoms with Crippen LogP contribution in [-0.4, -0.2) is 14.3 Å². The summed E-state index contributed by atoms with van der Waals surface area (Å²) in [7, 11) is -4.02. The molecule has 0 saturated carbocycles. The number of amides is 1. The smallest absolute Gasteiger partial charge is 0.263 e. The summed E-state index contributed by atoms with van der Waals surface area (Å²) < 4.78 is 34.3. The molecular formula is C28H25ClN2O4S. The molecule has 1 amide bonds. The highest BCUT2D eigenvalue weighted by Crippen LogP contribution is 2.26. The van der Waals surface area contributed by atoms with Crippen LogP contribution >= 0.6 is 11.6 Å². The molecule has 4 rings (SSSR count). The van der Waals surface area contributed by atoms with E-state index in [0.29, 0.717) is 23.7 Å². The number of ether oxygens (including phenoxy) is 1. The highest BCUT2D eigenvalue weighted by Gasteiger charge is 2.21. The third-order valence-electron chi connectivity index (χ3n) is 5.60. The molecule has 0 radical (unpaired) electrons. The molecule has 6 nitrogen and oxygen atoms in total. The van der Waals surface area contributed by atoms with Gasteiger partial charge < -0.3 is 10.1 Å². The highest BCUT2D eigenvalue weighted by atomic mass is 35.5. The fraction of sp³-hybridized carbons (Fsp3) is 0.107. The molecule has 0 aliphatic carbocycles. The fourth-order valence-electron chi connectivity index (χ4n) is 3.44. The van der Waals surface area contributed by atoms with E-state index in [2.05, 4.69) is 10.0 Å². The number of rotatable bonds is 8. The second-order valence-corrected chi connectivity index (χ2v) is 10.4. The minimum absolute atomic E-state index is 0.0165. The average Bonchev–Trinajstić information content (AvgIpc) is 2.86. The first-order valence-corrected chi connectivity index (χ1v) is 13.1. The largest absolute Gasteiger partial charge is 0.489 e. The van der Waals surface area contributed by atoms with E-state index in [-0.39, 0.29) is 15.5 Å². The summed E-state index contributed by atoms with van der Waals surface area (Å²) in [4.78, 5) is 12.7. The summed E-state index contributed by atoms with van der Waals surface area (Å²) in [5.41, 5.74) is 4.16. The van der Waals surface area contributed by atoms with Crippen LogP contribution in [0.1, 0.15) is 27.0 Å². The van der Waals surface area contributed by atoms with Crippen molar-refractivity contribution >= 4 is 38.9 Å². The van der Waals surface area contributed by atoms with Crippen molar-refractivity contribution in [2.24, 2.45) is 0 Å². The van der Waals surface area contributed by atoms with E-state index >= 15 is 0 Å².